The highest BCUT2D eigenvalue weighted by atomic mass is 79.9. The molecule has 3 heteroatoms. The molecule has 2 nitrogen and oxygen atoms in total. The van der Waals surface area contributed by atoms with Crippen LogP contribution >= 0.6 is 15.9 Å². The van der Waals surface area contributed by atoms with Crippen LogP contribution in [-0.4, -0.2) is 11.1 Å². The maximum atomic E-state index is 6.04. The molecule has 0 aliphatic heterocycles. The van der Waals surface area contributed by atoms with Crippen LogP contribution in [0, 0.1) is 11.3 Å². The van der Waals surface area contributed by atoms with Crippen LogP contribution < -0.4 is 0 Å². The fourth-order valence-corrected chi connectivity index (χ4v) is 3.32. The normalized spacial score (nSPS) is 27.1. The summed E-state index contributed by atoms with van der Waals surface area (Å²) in [5, 5.41) is 0. The number of pyridine rings is 1. The molecule has 1 aliphatic carbocycles. The standard InChI is InChI=1S/C15H22BrNO/c1-11-6-14(8-15(2,3)7-11)18-10-13-5-4-12(16)9-17-13/h4-5,9,11,14H,6-8,10H2,1-3H3. The smallest absolute Gasteiger partial charge is 0.0891 e. The Morgan fingerprint density at radius 1 is 1.39 bits per heavy atom. The minimum Gasteiger partial charge on any atom is -0.372 e. The lowest BCUT2D eigenvalue weighted by Crippen LogP contribution is -2.32. The number of hydrogen-bond acceptors (Lipinski definition) is 2. The van der Waals surface area contributed by atoms with Crippen molar-refractivity contribution in [3.05, 3.63) is 28.5 Å². The lowest BCUT2D eigenvalue weighted by atomic mass is 9.71. The van der Waals surface area contributed by atoms with E-state index in [2.05, 4.69) is 41.7 Å². The Labute approximate surface area is 118 Å². The molecular weight excluding hydrogens is 290 g/mol. The van der Waals surface area contributed by atoms with E-state index in [1.165, 1.54) is 12.8 Å². The molecule has 100 valence electrons. The van der Waals surface area contributed by atoms with Crippen LogP contribution in [0.1, 0.15) is 45.7 Å². The van der Waals surface area contributed by atoms with Crippen molar-refractivity contribution in [3.8, 4) is 0 Å². The quantitative estimate of drug-likeness (QED) is 0.815. The van der Waals surface area contributed by atoms with Gasteiger partial charge in [-0.15, -0.1) is 0 Å². The summed E-state index contributed by atoms with van der Waals surface area (Å²) < 4.78 is 7.05. The molecule has 1 aromatic rings. The summed E-state index contributed by atoms with van der Waals surface area (Å²) in [5.74, 6) is 0.761. The maximum Gasteiger partial charge on any atom is 0.0891 e. The molecule has 0 saturated heterocycles. The van der Waals surface area contributed by atoms with Crippen molar-refractivity contribution >= 4 is 15.9 Å². The summed E-state index contributed by atoms with van der Waals surface area (Å²) in [4.78, 5) is 4.35. The topological polar surface area (TPSA) is 22.1 Å². The number of nitrogens with zero attached hydrogens (tertiary/aromatic N) is 1. The van der Waals surface area contributed by atoms with Crippen molar-refractivity contribution in [2.24, 2.45) is 11.3 Å². The van der Waals surface area contributed by atoms with Gasteiger partial charge in [-0.2, -0.15) is 0 Å². The minimum atomic E-state index is 0.384. The molecule has 0 radical (unpaired) electrons. The Hall–Kier alpha value is -0.410. The Bertz CT molecular complexity index is 388. The molecule has 0 aromatic carbocycles. The average molecular weight is 312 g/mol. The van der Waals surface area contributed by atoms with Crippen molar-refractivity contribution < 1.29 is 4.74 Å². The number of halogens is 1. The van der Waals surface area contributed by atoms with Crippen molar-refractivity contribution in [2.45, 2.75) is 52.7 Å². The highest BCUT2D eigenvalue weighted by Crippen LogP contribution is 2.39. The van der Waals surface area contributed by atoms with Crippen LogP contribution in [0.5, 0.6) is 0 Å². The van der Waals surface area contributed by atoms with Gasteiger partial charge in [0.25, 0.3) is 0 Å². The Morgan fingerprint density at radius 3 is 2.78 bits per heavy atom. The molecule has 1 heterocycles. The molecule has 0 spiro atoms. The van der Waals surface area contributed by atoms with E-state index in [-0.39, 0.29) is 0 Å². The molecule has 18 heavy (non-hydrogen) atoms. The van der Waals surface area contributed by atoms with Crippen molar-refractivity contribution in [1.82, 2.24) is 4.98 Å². The fourth-order valence-electron chi connectivity index (χ4n) is 3.08. The first-order chi connectivity index (χ1) is 8.44. The predicted octanol–water partition coefficient (Wildman–Crippen LogP) is 4.58. The summed E-state index contributed by atoms with van der Waals surface area (Å²) in [7, 11) is 0. The number of ether oxygens (including phenoxy) is 1. The van der Waals surface area contributed by atoms with Crippen LogP contribution in [0.25, 0.3) is 0 Å². The first kappa shape index (κ1) is 14.0. The molecule has 2 rings (SSSR count). The van der Waals surface area contributed by atoms with E-state index in [0.717, 1.165) is 22.5 Å². The average Bonchev–Trinajstić information content (AvgIpc) is 2.25. The zero-order valence-corrected chi connectivity index (χ0v) is 13.0. The lowest BCUT2D eigenvalue weighted by Gasteiger charge is -2.38. The second-order valence-corrected chi connectivity index (χ2v) is 7.23. The van der Waals surface area contributed by atoms with E-state index in [1.54, 1.807) is 0 Å². The van der Waals surface area contributed by atoms with Gasteiger partial charge in [0.2, 0.25) is 0 Å². The summed E-state index contributed by atoms with van der Waals surface area (Å²) in [6, 6.07) is 4.03. The molecular formula is C15H22BrNO. The molecule has 0 amide bonds. The zero-order chi connectivity index (χ0) is 13.2. The van der Waals surface area contributed by atoms with Crippen LogP contribution in [-0.2, 0) is 11.3 Å². The highest BCUT2D eigenvalue weighted by molar-refractivity contribution is 9.10. The van der Waals surface area contributed by atoms with Crippen LogP contribution in [0.15, 0.2) is 22.8 Å². The molecule has 1 aliphatic rings. The van der Waals surface area contributed by atoms with E-state index in [1.807, 2.05) is 18.3 Å². The van der Waals surface area contributed by atoms with Gasteiger partial charge >= 0.3 is 0 Å². The maximum absolute atomic E-state index is 6.04. The van der Waals surface area contributed by atoms with E-state index >= 15 is 0 Å². The van der Waals surface area contributed by atoms with Crippen LogP contribution in [0.2, 0.25) is 0 Å². The molecule has 0 N–H and O–H groups in total. The third-order valence-electron chi connectivity index (χ3n) is 3.60. The van der Waals surface area contributed by atoms with Gasteiger partial charge in [0, 0.05) is 10.7 Å². The van der Waals surface area contributed by atoms with E-state index < -0.39 is 0 Å². The SMILES string of the molecule is CC1CC(OCc2ccc(Br)cn2)CC(C)(C)C1. The highest BCUT2D eigenvalue weighted by Gasteiger charge is 2.32. The van der Waals surface area contributed by atoms with E-state index in [4.69, 9.17) is 4.74 Å². The van der Waals surface area contributed by atoms with Gasteiger partial charge in [-0.05, 0) is 58.7 Å². The van der Waals surface area contributed by atoms with E-state index in [0.29, 0.717) is 18.1 Å². The monoisotopic (exact) mass is 311 g/mol. The third kappa shape index (κ3) is 4.06. The number of hydrogen-bond donors (Lipinski definition) is 0. The molecule has 1 fully saturated rings. The molecule has 2 unspecified atom stereocenters. The summed E-state index contributed by atoms with van der Waals surface area (Å²) in [6.45, 7) is 7.64. The Morgan fingerprint density at radius 2 is 2.17 bits per heavy atom. The first-order valence-corrected chi connectivity index (χ1v) is 7.46. The third-order valence-corrected chi connectivity index (χ3v) is 4.07. The second kappa shape index (κ2) is 5.70. The van der Waals surface area contributed by atoms with Gasteiger partial charge in [0.15, 0.2) is 0 Å². The number of aromatic nitrogens is 1. The lowest BCUT2D eigenvalue weighted by molar-refractivity contribution is -0.0326. The van der Waals surface area contributed by atoms with Gasteiger partial charge in [0.05, 0.1) is 18.4 Å². The van der Waals surface area contributed by atoms with Crippen molar-refractivity contribution in [2.75, 3.05) is 0 Å². The van der Waals surface area contributed by atoms with Crippen molar-refractivity contribution in [3.63, 3.8) is 0 Å². The van der Waals surface area contributed by atoms with Crippen molar-refractivity contribution in [1.29, 1.82) is 0 Å². The minimum absolute atomic E-state index is 0.384. The van der Waals surface area contributed by atoms with Crippen LogP contribution in [0.4, 0.5) is 0 Å². The zero-order valence-electron chi connectivity index (χ0n) is 11.4. The van der Waals surface area contributed by atoms with Gasteiger partial charge in [-0.1, -0.05) is 20.8 Å². The van der Waals surface area contributed by atoms with Gasteiger partial charge in [-0.25, -0.2) is 0 Å². The van der Waals surface area contributed by atoms with Gasteiger partial charge in [0.1, 0.15) is 0 Å². The fraction of sp³-hybridized carbons (Fsp3) is 0.667. The van der Waals surface area contributed by atoms with Crippen LogP contribution in [0.3, 0.4) is 0 Å². The second-order valence-electron chi connectivity index (χ2n) is 6.31. The van der Waals surface area contributed by atoms with E-state index in [9.17, 15) is 0 Å². The van der Waals surface area contributed by atoms with Gasteiger partial charge in [-0.3, -0.25) is 4.98 Å². The van der Waals surface area contributed by atoms with Gasteiger partial charge < -0.3 is 4.74 Å². The Kier molecular flexibility index (Phi) is 4.44. The summed E-state index contributed by atoms with van der Waals surface area (Å²) in [6.07, 6.45) is 5.86. The molecule has 2 atom stereocenters. The number of rotatable bonds is 3. The molecule has 0 bridgehead atoms. The largest absolute Gasteiger partial charge is 0.372 e. The summed E-state index contributed by atoms with van der Waals surface area (Å²) >= 11 is 3.39. The Balaban J connectivity index is 1.88. The summed E-state index contributed by atoms with van der Waals surface area (Å²) in [5.41, 5.74) is 1.42. The predicted molar refractivity (Wildman–Crippen MR) is 77.3 cm³/mol. The molecule has 1 saturated carbocycles. The molecule has 1 aromatic heterocycles. The first-order valence-electron chi connectivity index (χ1n) is 6.67.